The summed E-state index contributed by atoms with van der Waals surface area (Å²) >= 11 is 0. The molecule has 0 atom stereocenters. The first-order valence-corrected chi connectivity index (χ1v) is 11.0. The predicted octanol–water partition coefficient (Wildman–Crippen LogP) is 5.62. The minimum atomic E-state index is -0.329. The number of nitrogens with two attached hydrogens (primary N) is 1. The predicted molar refractivity (Wildman–Crippen MR) is 123 cm³/mol. The van der Waals surface area contributed by atoms with Crippen LogP contribution in [-0.4, -0.2) is 17.0 Å². The Balaban J connectivity index is 1.46. The highest BCUT2D eigenvalue weighted by molar-refractivity contribution is 5.68. The van der Waals surface area contributed by atoms with Gasteiger partial charge in [-0.2, -0.15) is 0 Å². The van der Waals surface area contributed by atoms with Crippen molar-refractivity contribution in [2.24, 2.45) is 5.73 Å². The van der Waals surface area contributed by atoms with Crippen molar-refractivity contribution in [1.29, 1.82) is 0 Å². The fourth-order valence-corrected chi connectivity index (χ4v) is 4.41. The quantitative estimate of drug-likeness (QED) is 0.569. The molecule has 0 aliphatic heterocycles. The van der Waals surface area contributed by atoms with Crippen molar-refractivity contribution >= 4 is 6.09 Å². The molecule has 1 fully saturated rings. The van der Waals surface area contributed by atoms with Gasteiger partial charge in [-0.05, 0) is 42.4 Å². The van der Waals surface area contributed by atoms with Crippen LogP contribution in [0.25, 0.3) is 0 Å². The van der Waals surface area contributed by atoms with Crippen LogP contribution in [0.2, 0.25) is 0 Å². The zero-order chi connectivity index (χ0) is 21.5. The van der Waals surface area contributed by atoms with E-state index in [0.717, 1.165) is 36.8 Å². The van der Waals surface area contributed by atoms with E-state index >= 15 is 0 Å². The second kappa shape index (κ2) is 9.80. The van der Waals surface area contributed by atoms with E-state index in [-0.39, 0.29) is 24.3 Å². The molecule has 2 N–H and O–H groups in total. The van der Waals surface area contributed by atoms with Crippen molar-refractivity contribution in [2.75, 3.05) is 0 Å². The topological polar surface area (TPSA) is 55.6 Å². The van der Waals surface area contributed by atoms with E-state index in [1.807, 2.05) is 71.6 Å². The fourth-order valence-electron chi connectivity index (χ4n) is 4.41. The number of carbonyl (C=O) groups excluding carboxylic acids is 1. The third kappa shape index (κ3) is 5.33. The molecule has 4 nitrogen and oxygen atoms in total. The van der Waals surface area contributed by atoms with Crippen LogP contribution in [0.4, 0.5) is 4.79 Å². The second-order valence-electron chi connectivity index (χ2n) is 8.41. The maximum absolute atomic E-state index is 13.1. The van der Waals surface area contributed by atoms with Crippen LogP contribution >= 0.6 is 0 Å². The van der Waals surface area contributed by atoms with Gasteiger partial charge in [-0.3, -0.25) is 0 Å². The number of ether oxygens (including phenoxy) is 1. The molecule has 1 amide bonds. The molecule has 3 aromatic carbocycles. The maximum atomic E-state index is 13.1. The Morgan fingerprint density at radius 3 is 1.94 bits per heavy atom. The largest absolute Gasteiger partial charge is 0.445 e. The molecule has 0 heterocycles. The summed E-state index contributed by atoms with van der Waals surface area (Å²) in [6, 6.07) is 30.3. The fraction of sp³-hybridized carbons (Fsp3) is 0.296. The highest BCUT2D eigenvalue weighted by Crippen LogP contribution is 2.37. The lowest BCUT2D eigenvalue weighted by Crippen LogP contribution is -2.48. The lowest BCUT2D eigenvalue weighted by molar-refractivity contribution is 0.0608. The second-order valence-corrected chi connectivity index (χ2v) is 8.41. The van der Waals surface area contributed by atoms with E-state index in [9.17, 15) is 4.79 Å². The molecule has 0 spiro atoms. The maximum Gasteiger partial charge on any atom is 0.410 e. The summed E-state index contributed by atoms with van der Waals surface area (Å²) in [7, 11) is 0. The van der Waals surface area contributed by atoms with Gasteiger partial charge in [0.1, 0.15) is 6.61 Å². The third-order valence-electron chi connectivity index (χ3n) is 6.27. The van der Waals surface area contributed by atoms with Crippen LogP contribution < -0.4 is 5.73 Å². The molecular formula is C27H30N2O2. The van der Waals surface area contributed by atoms with Gasteiger partial charge in [-0.15, -0.1) is 0 Å². The van der Waals surface area contributed by atoms with Crippen molar-refractivity contribution in [3.63, 3.8) is 0 Å². The Labute approximate surface area is 184 Å². The Bertz CT molecular complexity index is 952. The summed E-state index contributed by atoms with van der Waals surface area (Å²) in [6.07, 6.45) is 3.15. The highest BCUT2D eigenvalue weighted by atomic mass is 16.6. The lowest BCUT2D eigenvalue weighted by atomic mass is 9.75. The first-order chi connectivity index (χ1) is 15.1. The van der Waals surface area contributed by atoms with E-state index in [1.54, 1.807) is 0 Å². The molecule has 3 aromatic rings. The number of nitrogens with zero attached hydrogens (tertiary/aromatic N) is 1. The molecule has 0 saturated heterocycles. The Morgan fingerprint density at radius 1 is 0.839 bits per heavy atom. The van der Waals surface area contributed by atoms with Crippen LogP contribution in [0, 0.1) is 0 Å². The Kier molecular flexibility index (Phi) is 6.68. The SMILES string of the molecule is NC1(c2ccccc2)CCC(N(Cc2ccccc2)C(=O)OCc2ccccc2)CC1. The molecule has 1 saturated carbocycles. The Morgan fingerprint density at radius 2 is 1.35 bits per heavy atom. The van der Waals surface area contributed by atoms with Gasteiger partial charge in [0.25, 0.3) is 0 Å². The van der Waals surface area contributed by atoms with Gasteiger partial charge in [0.2, 0.25) is 0 Å². The first kappa shape index (κ1) is 21.1. The van der Waals surface area contributed by atoms with E-state index in [1.165, 1.54) is 5.56 Å². The van der Waals surface area contributed by atoms with Gasteiger partial charge in [0.05, 0.1) is 0 Å². The van der Waals surface area contributed by atoms with Crippen molar-refractivity contribution in [1.82, 2.24) is 4.90 Å². The monoisotopic (exact) mass is 414 g/mol. The van der Waals surface area contributed by atoms with Gasteiger partial charge in [0.15, 0.2) is 0 Å². The number of amides is 1. The number of hydrogen-bond acceptors (Lipinski definition) is 3. The first-order valence-electron chi connectivity index (χ1n) is 11.0. The van der Waals surface area contributed by atoms with Gasteiger partial charge >= 0.3 is 6.09 Å². The van der Waals surface area contributed by atoms with Gasteiger partial charge in [-0.25, -0.2) is 4.79 Å². The molecule has 31 heavy (non-hydrogen) atoms. The molecule has 0 unspecified atom stereocenters. The average Bonchev–Trinajstić information content (AvgIpc) is 2.84. The molecule has 4 rings (SSSR count). The summed E-state index contributed by atoms with van der Waals surface area (Å²) in [5.74, 6) is 0. The smallest absolute Gasteiger partial charge is 0.410 e. The highest BCUT2D eigenvalue weighted by Gasteiger charge is 2.37. The number of hydrogen-bond donors (Lipinski definition) is 1. The van der Waals surface area contributed by atoms with Crippen molar-refractivity contribution < 1.29 is 9.53 Å². The molecule has 0 radical (unpaired) electrons. The van der Waals surface area contributed by atoms with Gasteiger partial charge < -0.3 is 15.4 Å². The van der Waals surface area contributed by atoms with Gasteiger partial charge in [-0.1, -0.05) is 91.0 Å². The van der Waals surface area contributed by atoms with E-state index in [0.29, 0.717) is 6.54 Å². The van der Waals surface area contributed by atoms with E-state index in [4.69, 9.17) is 10.5 Å². The average molecular weight is 415 g/mol. The van der Waals surface area contributed by atoms with Crippen LogP contribution in [0.1, 0.15) is 42.4 Å². The van der Waals surface area contributed by atoms with E-state index < -0.39 is 0 Å². The van der Waals surface area contributed by atoms with E-state index in [2.05, 4.69) is 24.3 Å². The minimum Gasteiger partial charge on any atom is -0.445 e. The number of carbonyl (C=O) groups is 1. The lowest BCUT2D eigenvalue weighted by Gasteiger charge is -2.41. The third-order valence-corrected chi connectivity index (χ3v) is 6.27. The molecule has 1 aliphatic carbocycles. The summed E-state index contributed by atoms with van der Waals surface area (Å²) in [5.41, 5.74) is 9.71. The van der Waals surface area contributed by atoms with Crippen LogP contribution in [0.5, 0.6) is 0 Å². The Hall–Kier alpha value is -3.11. The standard InChI is InChI=1S/C27H30N2O2/c28-27(24-14-8-3-9-15-24)18-16-25(17-19-27)29(20-22-10-4-1-5-11-22)26(30)31-21-23-12-6-2-7-13-23/h1-15,25H,16-21,28H2. The van der Waals surface area contributed by atoms with Crippen LogP contribution in [0.3, 0.4) is 0 Å². The molecule has 0 aromatic heterocycles. The summed E-state index contributed by atoms with van der Waals surface area (Å²) in [5, 5.41) is 0. The minimum absolute atomic E-state index is 0.115. The number of benzene rings is 3. The summed E-state index contributed by atoms with van der Waals surface area (Å²) in [4.78, 5) is 15.0. The zero-order valence-electron chi connectivity index (χ0n) is 17.8. The summed E-state index contributed by atoms with van der Waals surface area (Å²) in [6.45, 7) is 0.824. The molecular weight excluding hydrogens is 384 g/mol. The van der Waals surface area contributed by atoms with Crippen LogP contribution in [-0.2, 0) is 23.4 Å². The van der Waals surface area contributed by atoms with Crippen molar-refractivity contribution in [2.45, 2.75) is 50.4 Å². The molecule has 1 aliphatic rings. The normalized spacial score (nSPS) is 20.7. The van der Waals surface area contributed by atoms with Crippen LogP contribution in [0.15, 0.2) is 91.0 Å². The molecule has 0 bridgehead atoms. The number of rotatable bonds is 6. The zero-order valence-corrected chi connectivity index (χ0v) is 17.8. The molecule has 4 heteroatoms. The molecule has 160 valence electrons. The van der Waals surface area contributed by atoms with Crippen molar-refractivity contribution in [3.8, 4) is 0 Å². The van der Waals surface area contributed by atoms with Gasteiger partial charge in [0, 0.05) is 18.1 Å². The van der Waals surface area contributed by atoms with Crippen molar-refractivity contribution in [3.05, 3.63) is 108 Å². The summed E-state index contributed by atoms with van der Waals surface area (Å²) < 4.78 is 5.71.